The standard InChI is InChI=1S/C23H36N2O5.C6H13NO2S/c1-7-12-19(21(27)28)25(20(26)17-13-10-9-11-14-17)15-18(16(3)8-2)24-22(29)30-23(4,5)6;1-9-6(8)5(7)3-4-10-2/h9-11,13-14,16,18-19H,7-8,12,15H2,1-6H3,(H,24,29)(H,27,28);5H,3-4,7H2,1-2H3. The van der Waals surface area contributed by atoms with Crippen molar-refractivity contribution < 1.29 is 33.8 Å². The Bertz CT molecular complexity index is 909. The van der Waals surface area contributed by atoms with Crippen molar-refractivity contribution in [2.75, 3.05) is 25.7 Å². The fourth-order valence-electron chi connectivity index (χ4n) is 3.62. The first-order valence-electron chi connectivity index (χ1n) is 13.6. The molecule has 0 heterocycles. The number of nitrogens with one attached hydrogen (secondary N) is 1. The summed E-state index contributed by atoms with van der Waals surface area (Å²) in [6.45, 7) is 11.2. The maximum absolute atomic E-state index is 13.2. The van der Waals surface area contributed by atoms with Crippen LogP contribution in [0.15, 0.2) is 30.3 Å². The number of esters is 1. The number of aliphatic carboxylic acids is 1. The molecule has 0 aliphatic carbocycles. The fraction of sp³-hybridized carbons (Fsp3) is 0.655. The highest BCUT2D eigenvalue weighted by Gasteiger charge is 2.34. The Morgan fingerprint density at radius 1 is 1.10 bits per heavy atom. The van der Waals surface area contributed by atoms with E-state index in [0.29, 0.717) is 24.8 Å². The van der Waals surface area contributed by atoms with Gasteiger partial charge in [-0.05, 0) is 63.7 Å². The van der Waals surface area contributed by atoms with E-state index >= 15 is 0 Å². The smallest absolute Gasteiger partial charge is 0.407 e. The van der Waals surface area contributed by atoms with Gasteiger partial charge in [-0.2, -0.15) is 11.8 Å². The van der Waals surface area contributed by atoms with E-state index in [2.05, 4.69) is 10.1 Å². The Hall–Kier alpha value is -2.79. The number of hydrogen-bond acceptors (Lipinski definition) is 8. The van der Waals surface area contributed by atoms with Crippen molar-refractivity contribution in [1.29, 1.82) is 0 Å². The second-order valence-corrected chi connectivity index (χ2v) is 11.5. The maximum Gasteiger partial charge on any atom is 0.407 e. The van der Waals surface area contributed by atoms with Crippen molar-refractivity contribution >= 4 is 35.7 Å². The molecule has 0 radical (unpaired) electrons. The van der Waals surface area contributed by atoms with Crippen LogP contribution in [-0.4, -0.2) is 83.3 Å². The topological polar surface area (TPSA) is 148 Å². The normalized spacial score (nSPS) is 13.9. The van der Waals surface area contributed by atoms with E-state index in [4.69, 9.17) is 10.5 Å². The minimum atomic E-state index is -1.05. The van der Waals surface area contributed by atoms with E-state index in [1.165, 1.54) is 12.0 Å². The van der Waals surface area contributed by atoms with E-state index in [-0.39, 0.29) is 24.3 Å². The van der Waals surface area contributed by atoms with Crippen molar-refractivity contribution in [3.63, 3.8) is 0 Å². The monoisotopic (exact) mass is 583 g/mol. The number of carbonyl (C=O) groups is 4. The molecular formula is C29H49N3O7S. The minimum absolute atomic E-state index is 0.0136. The van der Waals surface area contributed by atoms with Gasteiger partial charge in [-0.25, -0.2) is 9.59 Å². The van der Waals surface area contributed by atoms with Gasteiger partial charge in [0.05, 0.1) is 13.2 Å². The van der Waals surface area contributed by atoms with Gasteiger partial charge in [-0.3, -0.25) is 9.59 Å². The summed E-state index contributed by atoms with van der Waals surface area (Å²) in [5, 5.41) is 12.7. The molecule has 0 fully saturated rings. The van der Waals surface area contributed by atoms with Crippen LogP contribution >= 0.6 is 11.8 Å². The number of thioether (sulfide) groups is 1. The van der Waals surface area contributed by atoms with E-state index in [9.17, 15) is 24.3 Å². The van der Waals surface area contributed by atoms with E-state index in [1.54, 1.807) is 62.9 Å². The molecule has 0 aliphatic heterocycles. The summed E-state index contributed by atoms with van der Waals surface area (Å²) in [6.07, 6.45) is 3.77. The largest absolute Gasteiger partial charge is 0.480 e. The van der Waals surface area contributed by atoms with Crippen molar-refractivity contribution in [3.05, 3.63) is 35.9 Å². The number of benzene rings is 1. The summed E-state index contributed by atoms with van der Waals surface area (Å²) in [6, 6.07) is 6.74. The summed E-state index contributed by atoms with van der Waals surface area (Å²) in [5.41, 5.74) is 5.19. The second kappa shape index (κ2) is 19.3. The predicted molar refractivity (Wildman–Crippen MR) is 159 cm³/mol. The number of nitrogens with zero attached hydrogens (tertiary/aromatic N) is 1. The second-order valence-electron chi connectivity index (χ2n) is 10.5. The third-order valence-electron chi connectivity index (χ3n) is 6.07. The number of carboxylic acids is 1. The van der Waals surface area contributed by atoms with Gasteiger partial charge >= 0.3 is 18.0 Å². The zero-order chi connectivity index (χ0) is 30.9. The van der Waals surface area contributed by atoms with Crippen LogP contribution in [0, 0.1) is 5.92 Å². The minimum Gasteiger partial charge on any atom is -0.480 e. The fourth-order valence-corrected chi connectivity index (χ4v) is 4.11. The van der Waals surface area contributed by atoms with Gasteiger partial charge < -0.3 is 30.5 Å². The lowest BCUT2D eigenvalue weighted by molar-refractivity contribution is -0.143. The molecule has 0 saturated heterocycles. The predicted octanol–water partition coefficient (Wildman–Crippen LogP) is 4.56. The summed E-state index contributed by atoms with van der Waals surface area (Å²) in [5.74, 6) is -0.832. The van der Waals surface area contributed by atoms with Crippen LogP contribution in [0.1, 0.15) is 77.6 Å². The lowest BCUT2D eigenvalue weighted by Crippen LogP contribution is -2.54. The molecule has 11 heteroatoms. The Balaban J connectivity index is 0.00000129. The summed E-state index contributed by atoms with van der Waals surface area (Å²) < 4.78 is 9.81. The maximum atomic E-state index is 13.2. The van der Waals surface area contributed by atoms with Gasteiger partial charge in [0, 0.05) is 12.1 Å². The number of amides is 2. The molecule has 4 atom stereocenters. The third-order valence-corrected chi connectivity index (χ3v) is 6.71. The number of rotatable bonds is 14. The summed E-state index contributed by atoms with van der Waals surface area (Å²) in [4.78, 5) is 49.7. The first-order chi connectivity index (χ1) is 18.7. The molecule has 2 amide bonds. The number of methoxy groups -OCH3 is 1. The Morgan fingerprint density at radius 3 is 2.15 bits per heavy atom. The molecule has 0 aromatic heterocycles. The van der Waals surface area contributed by atoms with Gasteiger partial charge in [-0.1, -0.05) is 51.8 Å². The average molecular weight is 584 g/mol. The van der Waals surface area contributed by atoms with Gasteiger partial charge in [0.2, 0.25) is 0 Å². The van der Waals surface area contributed by atoms with E-state index in [0.717, 1.165) is 12.2 Å². The number of ether oxygens (including phenoxy) is 2. The van der Waals surface area contributed by atoms with Crippen molar-refractivity contribution in [3.8, 4) is 0 Å². The number of carbonyl (C=O) groups excluding carboxylic acids is 3. The molecule has 0 aliphatic rings. The van der Waals surface area contributed by atoms with Crippen LogP contribution in [0.3, 0.4) is 0 Å². The number of nitrogens with two attached hydrogens (primary N) is 1. The Morgan fingerprint density at radius 2 is 1.70 bits per heavy atom. The SMILES string of the molecule is CCCC(C(=O)O)N(CC(NC(=O)OC(C)(C)C)C(C)CC)C(=O)c1ccccc1.COC(=O)C(N)CCSC. The molecule has 228 valence electrons. The molecule has 1 aromatic rings. The highest BCUT2D eigenvalue weighted by atomic mass is 32.2. The third kappa shape index (κ3) is 14.6. The first kappa shape index (κ1) is 37.2. The number of carboxylic acid groups (broad SMARTS) is 1. The summed E-state index contributed by atoms with van der Waals surface area (Å²) >= 11 is 1.67. The van der Waals surface area contributed by atoms with Gasteiger partial charge in [0.1, 0.15) is 17.7 Å². The summed E-state index contributed by atoms with van der Waals surface area (Å²) in [7, 11) is 1.35. The lowest BCUT2D eigenvalue weighted by atomic mass is 9.97. The zero-order valence-electron chi connectivity index (χ0n) is 25.3. The van der Waals surface area contributed by atoms with Crippen LogP contribution in [-0.2, 0) is 19.1 Å². The number of alkyl carbamates (subject to hydrolysis) is 1. The van der Waals surface area contributed by atoms with E-state index in [1.807, 2.05) is 27.0 Å². The highest BCUT2D eigenvalue weighted by Crippen LogP contribution is 2.18. The molecule has 1 aromatic carbocycles. The molecule has 4 unspecified atom stereocenters. The molecule has 40 heavy (non-hydrogen) atoms. The zero-order valence-corrected chi connectivity index (χ0v) is 26.1. The molecule has 0 saturated carbocycles. The van der Waals surface area contributed by atoms with Gasteiger partial charge in [0.15, 0.2) is 0 Å². The van der Waals surface area contributed by atoms with Crippen LogP contribution in [0.5, 0.6) is 0 Å². The highest BCUT2D eigenvalue weighted by molar-refractivity contribution is 7.98. The van der Waals surface area contributed by atoms with Crippen molar-refractivity contribution in [2.45, 2.75) is 91.0 Å². The molecule has 10 nitrogen and oxygen atoms in total. The average Bonchev–Trinajstić information content (AvgIpc) is 2.91. The molecule has 0 bridgehead atoms. The van der Waals surface area contributed by atoms with Crippen molar-refractivity contribution in [1.82, 2.24) is 10.2 Å². The first-order valence-corrected chi connectivity index (χ1v) is 15.0. The van der Waals surface area contributed by atoms with E-state index < -0.39 is 35.8 Å². The van der Waals surface area contributed by atoms with Crippen LogP contribution in [0.25, 0.3) is 0 Å². The van der Waals surface area contributed by atoms with Crippen molar-refractivity contribution in [2.24, 2.45) is 11.7 Å². The number of hydrogen-bond donors (Lipinski definition) is 3. The van der Waals surface area contributed by atoms with Gasteiger partial charge in [-0.15, -0.1) is 0 Å². The van der Waals surface area contributed by atoms with Gasteiger partial charge in [0.25, 0.3) is 5.91 Å². The van der Waals surface area contributed by atoms with Crippen LogP contribution < -0.4 is 11.1 Å². The Labute approximate surface area is 243 Å². The lowest BCUT2D eigenvalue weighted by Gasteiger charge is -2.35. The van der Waals surface area contributed by atoms with Crippen LogP contribution in [0.2, 0.25) is 0 Å². The molecule has 1 rings (SSSR count). The molecular weight excluding hydrogens is 534 g/mol. The molecule has 0 spiro atoms. The Kier molecular flexibility index (Phi) is 18.0. The van der Waals surface area contributed by atoms with Crippen LogP contribution in [0.4, 0.5) is 4.79 Å². The quantitative estimate of drug-likeness (QED) is 0.268. The molecule has 4 N–H and O–H groups in total.